The first-order chi connectivity index (χ1) is 10.5. The molecule has 0 spiro atoms. The number of anilines is 2. The molecule has 2 rings (SSSR count). The van der Waals surface area contributed by atoms with Gasteiger partial charge in [-0.2, -0.15) is 0 Å². The van der Waals surface area contributed by atoms with E-state index in [4.69, 9.17) is 0 Å². The molecule has 8 heteroatoms. The van der Waals surface area contributed by atoms with Crippen molar-refractivity contribution in [2.45, 2.75) is 26.2 Å². The maximum atomic E-state index is 11.8. The predicted molar refractivity (Wildman–Crippen MR) is 95.6 cm³/mol. The molecule has 23 heavy (non-hydrogen) atoms. The molecule has 0 radical (unpaired) electrons. The Balaban J connectivity index is 0.00000264. The highest BCUT2D eigenvalue weighted by molar-refractivity contribution is 7.92. The number of carbonyl (C=O) groups excluding carboxylic acids is 1. The molecule has 0 bridgehead atoms. The average molecular weight is 362 g/mol. The summed E-state index contributed by atoms with van der Waals surface area (Å²) in [6.07, 6.45) is 3.04. The van der Waals surface area contributed by atoms with E-state index < -0.39 is 10.0 Å². The first-order valence-electron chi connectivity index (χ1n) is 7.59. The lowest BCUT2D eigenvalue weighted by atomic mass is 10.3. The van der Waals surface area contributed by atoms with Gasteiger partial charge in [0.05, 0.1) is 18.0 Å². The first-order valence-corrected chi connectivity index (χ1v) is 9.25. The van der Waals surface area contributed by atoms with Gasteiger partial charge in [-0.25, -0.2) is 8.42 Å². The van der Waals surface area contributed by atoms with Crippen LogP contribution in [0.4, 0.5) is 11.4 Å². The van der Waals surface area contributed by atoms with Gasteiger partial charge in [-0.15, -0.1) is 12.4 Å². The zero-order valence-corrected chi connectivity index (χ0v) is 14.8. The lowest BCUT2D eigenvalue weighted by Crippen LogP contribution is -2.29. The van der Waals surface area contributed by atoms with E-state index >= 15 is 0 Å². The van der Waals surface area contributed by atoms with Crippen LogP contribution < -0.4 is 15.4 Å². The van der Waals surface area contributed by atoms with Gasteiger partial charge in [-0.1, -0.05) is 13.0 Å². The van der Waals surface area contributed by atoms with E-state index in [-0.39, 0.29) is 30.6 Å². The van der Waals surface area contributed by atoms with Crippen molar-refractivity contribution in [2.75, 3.05) is 28.9 Å². The molecular weight excluding hydrogens is 338 g/mol. The van der Waals surface area contributed by atoms with Crippen molar-refractivity contribution in [3.8, 4) is 0 Å². The summed E-state index contributed by atoms with van der Waals surface area (Å²) in [5, 5.41) is 5.87. The highest BCUT2D eigenvalue weighted by atomic mass is 35.5. The van der Waals surface area contributed by atoms with Gasteiger partial charge in [0.1, 0.15) is 0 Å². The third-order valence-corrected chi connectivity index (χ3v) is 4.80. The molecule has 1 aliphatic carbocycles. The largest absolute Gasteiger partial charge is 0.325 e. The van der Waals surface area contributed by atoms with Crippen LogP contribution in [0, 0.1) is 5.92 Å². The van der Waals surface area contributed by atoms with Crippen LogP contribution >= 0.6 is 12.4 Å². The van der Waals surface area contributed by atoms with Crippen LogP contribution in [0.2, 0.25) is 0 Å². The van der Waals surface area contributed by atoms with Gasteiger partial charge in [-0.3, -0.25) is 9.52 Å². The summed E-state index contributed by atoms with van der Waals surface area (Å²) in [5.41, 5.74) is 1.03. The number of rotatable bonds is 9. The minimum absolute atomic E-state index is 0. The Labute approximate surface area is 143 Å². The number of carbonyl (C=O) groups is 1. The Hall–Kier alpha value is -1.31. The summed E-state index contributed by atoms with van der Waals surface area (Å²) in [5.74, 6) is 0.674. The molecule has 3 N–H and O–H groups in total. The zero-order chi connectivity index (χ0) is 16.0. The first kappa shape index (κ1) is 19.7. The van der Waals surface area contributed by atoms with Crippen molar-refractivity contribution >= 4 is 39.7 Å². The van der Waals surface area contributed by atoms with Gasteiger partial charge in [0.15, 0.2) is 0 Å². The van der Waals surface area contributed by atoms with Crippen molar-refractivity contribution < 1.29 is 13.2 Å². The second-order valence-corrected chi connectivity index (χ2v) is 7.47. The van der Waals surface area contributed by atoms with Crippen LogP contribution in [0.1, 0.15) is 26.2 Å². The molecule has 1 aliphatic rings. The molecule has 0 heterocycles. The van der Waals surface area contributed by atoms with E-state index in [1.807, 2.05) is 6.92 Å². The molecule has 1 aromatic carbocycles. The Kier molecular flexibility index (Phi) is 7.81. The van der Waals surface area contributed by atoms with E-state index in [0.29, 0.717) is 17.8 Å². The second kappa shape index (κ2) is 9.10. The summed E-state index contributed by atoms with van der Waals surface area (Å²) in [6.45, 7) is 2.96. The maximum absolute atomic E-state index is 11.8. The van der Waals surface area contributed by atoms with Crippen LogP contribution in [0.5, 0.6) is 0 Å². The Morgan fingerprint density at radius 1 is 1.26 bits per heavy atom. The molecular formula is C15H24ClN3O3S. The Morgan fingerprint density at radius 2 is 1.96 bits per heavy atom. The standard InChI is InChI=1S/C15H23N3O3S.ClH/c1-2-8-22(20,21)18-14-5-3-4-13(9-14)17-15(19)11-16-10-12-6-7-12;/h3-5,9,12,16,18H,2,6-8,10-11H2,1H3,(H,17,19);1H. The fourth-order valence-corrected chi connectivity index (χ4v) is 3.20. The number of halogens is 1. The zero-order valence-electron chi connectivity index (χ0n) is 13.2. The molecule has 1 saturated carbocycles. The van der Waals surface area contributed by atoms with Gasteiger partial charge < -0.3 is 10.6 Å². The van der Waals surface area contributed by atoms with Crippen molar-refractivity contribution in [2.24, 2.45) is 5.92 Å². The molecule has 0 saturated heterocycles. The minimum Gasteiger partial charge on any atom is -0.325 e. The summed E-state index contributed by atoms with van der Waals surface area (Å²) in [6, 6.07) is 6.72. The van der Waals surface area contributed by atoms with E-state index in [1.54, 1.807) is 24.3 Å². The van der Waals surface area contributed by atoms with Crippen molar-refractivity contribution in [1.82, 2.24) is 5.32 Å². The lowest BCUT2D eigenvalue weighted by Gasteiger charge is -2.10. The fourth-order valence-electron chi connectivity index (χ4n) is 2.08. The minimum atomic E-state index is -3.32. The molecule has 0 aromatic heterocycles. The van der Waals surface area contributed by atoms with Crippen LogP contribution in [0.15, 0.2) is 24.3 Å². The second-order valence-electron chi connectivity index (χ2n) is 5.62. The van der Waals surface area contributed by atoms with E-state index in [2.05, 4.69) is 15.4 Å². The molecule has 0 atom stereocenters. The summed E-state index contributed by atoms with van der Waals surface area (Å²) in [4.78, 5) is 11.8. The highest BCUT2D eigenvalue weighted by Gasteiger charge is 2.20. The quantitative estimate of drug-likeness (QED) is 0.629. The molecule has 130 valence electrons. The van der Waals surface area contributed by atoms with Crippen LogP contribution in [-0.4, -0.2) is 33.2 Å². The number of nitrogens with one attached hydrogen (secondary N) is 3. The van der Waals surface area contributed by atoms with Gasteiger partial charge in [0.2, 0.25) is 15.9 Å². The third-order valence-electron chi connectivity index (χ3n) is 3.31. The van der Waals surface area contributed by atoms with Gasteiger partial charge in [-0.05, 0) is 49.9 Å². The SMILES string of the molecule is CCCS(=O)(=O)Nc1cccc(NC(=O)CNCC2CC2)c1.Cl. The summed E-state index contributed by atoms with van der Waals surface area (Å²) < 4.78 is 26.0. The molecule has 1 amide bonds. The third kappa shape index (κ3) is 7.67. The molecule has 6 nitrogen and oxygen atoms in total. The fraction of sp³-hybridized carbons (Fsp3) is 0.533. The Morgan fingerprint density at radius 3 is 2.61 bits per heavy atom. The van der Waals surface area contributed by atoms with Crippen LogP contribution in [0.25, 0.3) is 0 Å². The lowest BCUT2D eigenvalue weighted by molar-refractivity contribution is -0.115. The topological polar surface area (TPSA) is 87.3 Å². The number of amides is 1. The number of hydrogen-bond acceptors (Lipinski definition) is 4. The van der Waals surface area contributed by atoms with E-state index in [1.165, 1.54) is 12.8 Å². The van der Waals surface area contributed by atoms with E-state index in [9.17, 15) is 13.2 Å². The van der Waals surface area contributed by atoms with Gasteiger partial charge in [0, 0.05) is 5.69 Å². The number of hydrogen-bond donors (Lipinski definition) is 3. The number of benzene rings is 1. The van der Waals surface area contributed by atoms with Crippen molar-refractivity contribution in [3.63, 3.8) is 0 Å². The normalized spacial score (nSPS) is 14.0. The average Bonchev–Trinajstić information content (AvgIpc) is 3.22. The highest BCUT2D eigenvalue weighted by Crippen LogP contribution is 2.27. The predicted octanol–water partition coefficient (Wildman–Crippen LogP) is 2.20. The maximum Gasteiger partial charge on any atom is 0.238 e. The van der Waals surface area contributed by atoms with Crippen molar-refractivity contribution in [1.29, 1.82) is 0 Å². The van der Waals surface area contributed by atoms with Gasteiger partial charge >= 0.3 is 0 Å². The van der Waals surface area contributed by atoms with E-state index in [0.717, 1.165) is 12.5 Å². The summed E-state index contributed by atoms with van der Waals surface area (Å²) in [7, 11) is -3.32. The molecule has 1 aromatic rings. The molecule has 0 unspecified atom stereocenters. The molecule has 0 aliphatic heterocycles. The summed E-state index contributed by atoms with van der Waals surface area (Å²) >= 11 is 0. The van der Waals surface area contributed by atoms with Crippen LogP contribution in [-0.2, 0) is 14.8 Å². The van der Waals surface area contributed by atoms with Crippen molar-refractivity contribution in [3.05, 3.63) is 24.3 Å². The van der Waals surface area contributed by atoms with Crippen LogP contribution in [0.3, 0.4) is 0 Å². The monoisotopic (exact) mass is 361 g/mol. The smallest absolute Gasteiger partial charge is 0.238 e. The Bertz CT molecular complexity index is 618. The van der Waals surface area contributed by atoms with Gasteiger partial charge in [0.25, 0.3) is 0 Å². The number of sulfonamides is 1. The molecule has 1 fully saturated rings.